The number of piperidine rings is 1. The number of hydrogen-bond acceptors (Lipinski definition) is 4. The standard InChI is InChI=1S/C19H26N2O3/c1-14-8-7-10-17(16(14)12-20)23-13-15-9-5-6-11-21(15)18(22)24-19(2,3)4/h7-8,10,15H,5-6,9,11,13H2,1-4H3. The summed E-state index contributed by atoms with van der Waals surface area (Å²) in [6.45, 7) is 8.54. The molecule has 2 rings (SSSR count). The Morgan fingerprint density at radius 2 is 2.12 bits per heavy atom. The molecule has 0 N–H and O–H groups in total. The lowest BCUT2D eigenvalue weighted by molar-refractivity contribution is 0.00359. The molecule has 1 aliphatic rings. The second-order valence-electron chi connectivity index (χ2n) is 7.19. The third kappa shape index (κ3) is 4.64. The molecule has 24 heavy (non-hydrogen) atoms. The Labute approximate surface area is 144 Å². The molecule has 0 saturated carbocycles. The Bertz CT molecular complexity index is 628. The molecular weight excluding hydrogens is 304 g/mol. The molecule has 1 aromatic carbocycles. The fourth-order valence-corrected chi connectivity index (χ4v) is 2.83. The first-order chi connectivity index (χ1) is 11.3. The third-order valence-electron chi connectivity index (χ3n) is 4.03. The predicted octanol–water partition coefficient (Wildman–Crippen LogP) is 4.04. The quantitative estimate of drug-likeness (QED) is 0.839. The van der Waals surface area contributed by atoms with Crippen LogP contribution >= 0.6 is 0 Å². The second kappa shape index (κ2) is 7.57. The van der Waals surface area contributed by atoms with Crippen molar-refractivity contribution < 1.29 is 14.3 Å². The van der Waals surface area contributed by atoms with Gasteiger partial charge in [-0.2, -0.15) is 5.26 Å². The van der Waals surface area contributed by atoms with E-state index in [1.165, 1.54) is 0 Å². The molecule has 130 valence electrons. The highest BCUT2D eigenvalue weighted by molar-refractivity contribution is 5.68. The number of benzene rings is 1. The lowest BCUT2D eigenvalue weighted by Crippen LogP contribution is -2.48. The van der Waals surface area contributed by atoms with E-state index in [1.54, 1.807) is 11.0 Å². The summed E-state index contributed by atoms with van der Waals surface area (Å²) >= 11 is 0. The lowest BCUT2D eigenvalue weighted by Gasteiger charge is -2.36. The highest BCUT2D eigenvalue weighted by Crippen LogP contribution is 2.24. The average Bonchev–Trinajstić information content (AvgIpc) is 2.51. The fraction of sp³-hybridized carbons (Fsp3) is 0.579. The van der Waals surface area contributed by atoms with Crippen molar-refractivity contribution in [2.75, 3.05) is 13.2 Å². The van der Waals surface area contributed by atoms with Gasteiger partial charge in [0.05, 0.1) is 11.6 Å². The summed E-state index contributed by atoms with van der Waals surface area (Å²) in [4.78, 5) is 14.2. The first-order valence-electron chi connectivity index (χ1n) is 8.44. The largest absolute Gasteiger partial charge is 0.490 e. The Morgan fingerprint density at radius 3 is 2.79 bits per heavy atom. The number of carbonyl (C=O) groups excluding carboxylic acids is 1. The number of amides is 1. The number of ether oxygens (including phenoxy) is 2. The van der Waals surface area contributed by atoms with E-state index in [1.807, 2.05) is 39.8 Å². The first-order valence-corrected chi connectivity index (χ1v) is 8.44. The van der Waals surface area contributed by atoms with Crippen LogP contribution in [0.5, 0.6) is 5.75 Å². The minimum absolute atomic E-state index is 0.0272. The van der Waals surface area contributed by atoms with E-state index in [2.05, 4.69) is 6.07 Å². The van der Waals surface area contributed by atoms with Crippen LogP contribution in [0.3, 0.4) is 0 Å². The molecule has 0 aliphatic carbocycles. The van der Waals surface area contributed by atoms with E-state index >= 15 is 0 Å². The van der Waals surface area contributed by atoms with Crippen LogP contribution < -0.4 is 4.74 Å². The van der Waals surface area contributed by atoms with Crippen LogP contribution in [0.25, 0.3) is 0 Å². The van der Waals surface area contributed by atoms with E-state index in [4.69, 9.17) is 9.47 Å². The van der Waals surface area contributed by atoms with E-state index in [-0.39, 0.29) is 12.1 Å². The van der Waals surface area contributed by atoms with E-state index in [0.717, 1.165) is 24.8 Å². The van der Waals surface area contributed by atoms with Crippen molar-refractivity contribution >= 4 is 6.09 Å². The molecule has 0 aromatic heterocycles. The zero-order chi connectivity index (χ0) is 17.7. The summed E-state index contributed by atoms with van der Waals surface area (Å²) < 4.78 is 11.4. The molecule has 1 unspecified atom stereocenters. The van der Waals surface area contributed by atoms with Crippen LogP contribution in [0.15, 0.2) is 18.2 Å². The number of carbonyl (C=O) groups is 1. The lowest BCUT2D eigenvalue weighted by atomic mass is 10.0. The summed E-state index contributed by atoms with van der Waals surface area (Å²) in [5.41, 5.74) is 0.935. The molecule has 1 fully saturated rings. The van der Waals surface area contributed by atoms with Crippen molar-refractivity contribution in [3.05, 3.63) is 29.3 Å². The summed E-state index contributed by atoms with van der Waals surface area (Å²) in [6, 6.07) is 7.72. The van der Waals surface area contributed by atoms with Gasteiger partial charge >= 0.3 is 6.09 Å². The monoisotopic (exact) mass is 330 g/mol. The van der Waals surface area contributed by atoms with Crippen molar-refractivity contribution in [1.82, 2.24) is 4.90 Å². The molecule has 1 amide bonds. The molecule has 0 spiro atoms. The van der Waals surface area contributed by atoms with Crippen molar-refractivity contribution in [3.8, 4) is 11.8 Å². The number of likely N-dealkylation sites (tertiary alicyclic amines) is 1. The molecule has 0 radical (unpaired) electrons. The maximum absolute atomic E-state index is 12.4. The zero-order valence-corrected chi connectivity index (χ0v) is 15.0. The molecule has 1 atom stereocenters. The minimum Gasteiger partial charge on any atom is -0.490 e. The summed E-state index contributed by atoms with van der Waals surface area (Å²) in [5.74, 6) is 0.576. The van der Waals surface area contributed by atoms with Gasteiger partial charge < -0.3 is 14.4 Å². The average molecular weight is 330 g/mol. The van der Waals surface area contributed by atoms with Gasteiger partial charge in [-0.15, -0.1) is 0 Å². The zero-order valence-electron chi connectivity index (χ0n) is 15.0. The molecule has 1 aliphatic heterocycles. The fourth-order valence-electron chi connectivity index (χ4n) is 2.83. The highest BCUT2D eigenvalue weighted by Gasteiger charge is 2.31. The van der Waals surface area contributed by atoms with Crippen molar-refractivity contribution in [2.45, 2.75) is 58.6 Å². The SMILES string of the molecule is Cc1cccc(OCC2CCCCN2C(=O)OC(C)(C)C)c1C#N. The topological polar surface area (TPSA) is 62.6 Å². The molecule has 5 nitrogen and oxygen atoms in total. The van der Waals surface area contributed by atoms with Gasteiger partial charge in [-0.05, 0) is 58.6 Å². The Morgan fingerprint density at radius 1 is 1.38 bits per heavy atom. The van der Waals surface area contributed by atoms with Crippen molar-refractivity contribution in [1.29, 1.82) is 5.26 Å². The number of hydrogen-bond donors (Lipinski definition) is 0. The molecule has 5 heteroatoms. The maximum Gasteiger partial charge on any atom is 0.410 e. The van der Waals surface area contributed by atoms with Gasteiger partial charge in [0.1, 0.15) is 24.0 Å². The number of rotatable bonds is 3. The smallest absolute Gasteiger partial charge is 0.410 e. The molecule has 1 saturated heterocycles. The number of aryl methyl sites for hydroxylation is 1. The van der Waals surface area contributed by atoms with Gasteiger partial charge in [-0.1, -0.05) is 12.1 Å². The van der Waals surface area contributed by atoms with Gasteiger partial charge in [0.15, 0.2) is 0 Å². The van der Waals surface area contributed by atoms with E-state index in [9.17, 15) is 10.1 Å². The molecule has 1 heterocycles. The molecule has 1 aromatic rings. The molecular formula is C19H26N2O3. The Balaban J connectivity index is 2.06. The van der Waals surface area contributed by atoms with Gasteiger partial charge in [-0.25, -0.2) is 4.79 Å². The minimum atomic E-state index is -0.509. The van der Waals surface area contributed by atoms with Crippen molar-refractivity contribution in [3.63, 3.8) is 0 Å². The van der Waals surface area contributed by atoms with Gasteiger partial charge in [0, 0.05) is 6.54 Å². The Hall–Kier alpha value is -2.22. The van der Waals surface area contributed by atoms with Crippen LogP contribution in [0.2, 0.25) is 0 Å². The summed E-state index contributed by atoms with van der Waals surface area (Å²) in [6.07, 6.45) is 2.63. The summed E-state index contributed by atoms with van der Waals surface area (Å²) in [7, 11) is 0. The number of nitrogens with zero attached hydrogens (tertiary/aromatic N) is 2. The molecule has 0 bridgehead atoms. The normalized spacial score (nSPS) is 18.0. The van der Waals surface area contributed by atoms with Gasteiger partial charge in [-0.3, -0.25) is 0 Å². The van der Waals surface area contributed by atoms with Gasteiger partial charge in [0.25, 0.3) is 0 Å². The number of nitriles is 1. The highest BCUT2D eigenvalue weighted by atomic mass is 16.6. The van der Waals surface area contributed by atoms with Crippen LogP contribution in [0.1, 0.15) is 51.2 Å². The van der Waals surface area contributed by atoms with Crippen molar-refractivity contribution in [2.24, 2.45) is 0 Å². The summed E-state index contributed by atoms with van der Waals surface area (Å²) in [5, 5.41) is 9.29. The first kappa shape index (κ1) is 18.1. The van der Waals surface area contributed by atoms with E-state index < -0.39 is 5.60 Å². The third-order valence-corrected chi connectivity index (χ3v) is 4.03. The van der Waals surface area contributed by atoms with Gasteiger partial charge in [0.2, 0.25) is 0 Å². The second-order valence-corrected chi connectivity index (χ2v) is 7.19. The van der Waals surface area contributed by atoms with Crippen LogP contribution in [-0.2, 0) is 4.74 Å². The van der Waals surface area contributed by atoms with Crippen LogP contribution in [0.4, 0.5) is 4.79 Å². The van der Waals surface area contributed by atoms with Crippen LogP contribution in [-0.4, -0.2) is 35.8 Å². The predicted molar refractivity (Wildman–Crippen MR) is 92.0 cm³/mol. The Kier molecular flexibility index (Phi) is 5.71. The maximum atomic E-state index is 12.4. The van der Waals surface area contributed by atoms with E-state index in [0.29, 0.717) is 24.5 Å². The van der Waals surface area contributed by atoms with Crippen LogP contribution in [0, 0.1) is 18.3 Å².